The number of benzene rings is 2. The van der Waals surface area contributed by atoms with Crippen molar-refractivity contribution in [2.75, 3.05) is 0 Å². The molecule has 4 rings (SSSR count). The lowest BCUT2D eigenvalue weighted by Gasteiger charge is -1.88. The number of rotatable bonds is 1. The van der Waals surface area contributed by atoms with Gasteiger partial charge in [-0.15, -0.1) is 22.7 Å². The Morgan fingerprint density at radius 3 is 1.50 bits per heavy atom. The maximum Gasteiger partial charge on any atom is 0.0455 e. The molecule has 0 aliphatic carbocycles. The summed E-state index contributed by atoms with van der Waals surface area (Å²) in [5.74, 6) is 0. The highest BCUT2D eigenvalue weighted by atomic mass is 79.9. The first-order chi connectivity index (χ1) is 9.69. The van der Waals surface area contributed by atoms with Gasteiger partial charge in [0.25, 0.3) is 0 Å². The van der Waals surface area contributed by atoms with Crippen molar-refractivity contribution in [2.24, 2.45) is 0 Å². The summed E-state index contributed by atoms with van der Waals surface area (Å²) >= 11 is 10.8. The molecule has 0 saturated heterocycles. The Hall–Kier alpha value is -0.680. The minimum atomic E-state index is 1.13. The Labute approximate surface area is 141 Å². The number of fused-ring (bicyclic) bond motifs is 2. The quantitative estimate of drug-likeness (QED) is 0.301. The van der Waals surface area contributed by atoms with E-state index in [0.717, 1.165) is 8.95 Å². The average molecular weight is 424 g/mol. The first kappa shape index (κ1) is 13.0. The van der Waals surface area contributed by atoms with E-state index < -0.39 is 0 Å². The van der Waals surface area contributed by atoms with E-state index in [0.29, 0.717) is 0 Å². The van der Waals surface area contributed by atoms with Crippen molar-refractivity contribution in [3.63, 3.8) is 0 Å². The second-order valence-electron chi connectivity index (χ2n) is 4.59. The molecule has 0 nitrogen and oxygen atoms in total. The monoisotopic (exact) mass is 422 g/mol. The Kier molecular flexibility index (Phi) is 3.22. The zero-order chi connectivity index (χ0) is 13.7. The highest BCUT2D eigenvalue weighted by Crippen LogP contribution is 2.40. The molecule has 0 unspecified atom stereocenters. The SMILES string of the molecule is Brc1ccc2sc(-c3cc4cc(Br)ccc4s3)cc2c1. The molecule has 2 heterocycles. The summed E-state index contributed by atoms with van der Waals surface area (Å²) in [6.45, 7) is 0. The summed E-state index contributed by atoms with van der Waals surface area (Å²) in [6.07, 6.45) is 0. The van der Waals surface area contributed by atoms with Gasteiger partial charge in [0, 0.05) is 28.1 Å². The lowest BCUT2D eigenvalue weighted by atomic mass is 10.2. The van der Waals surface area contributed by atoms with Crippen LogP contribution in [0.25, 0.3) is 29.9 Å². The molecule has 0 radical (unpaired) electrons. The summed E-state index contributed by atoms with van der Waals surface area (Å²) < 4.78 is 4.94. The third-order valence-electron chi connectivity index (χ3n) is 3.20. The van der Waals surface area contributed by atoms with Crippen LogP contribution in [-0.4, -0.2) is 0 Å². The van der Waals surface area contributed by atoms with Crippen molar-refractivity contribution < 1.29 is 0 Å². The van der Waals surface area contributed by atoms with Gasteiger partial charge >= 0.3 is 0 Å². The molecule has 98 valence electrons. The summed E-state index contributed by atoms with van der Waals surface area (Å²) in [7, 11) is 0. The Morgan fingerprint density at radius 1 is 0.600 bits per heavy atom. The van der Waals surface area contributed by atoms with E-state index in [9.17, 15) is 0 Å². The maximum atomic E-state index is 3.54. The molecule has 0 fully saturated rings. The zero-order valence-electron chi connectivity index (χ0n) is 10.2. The first-order valence-corrected chi connectivity index (χ1v) is 9.29. The van der Waals surface area contributed by atoms with Crippen LogP contribution in [0.15, 0.2) is 57.5 Å². The smallest absolute Gasteiger partial charge is 0.0455 e. The van der Waals surface area contributed by atoms with Crippen molar-refractivity contribution in [1.82, 2.24) is 0 Å². The fourth-order valence-electron chi connectivity index (χ4n) is 2.27. The first-order valence-electron chi connectivity index (χ1n) is 6.08. The third kappa shape index (κ3) is 2.25. The summed E-state index contributed by atoms with van der Waals surface area (Å²) in [6, 6.07) is 17.5. The highest BCUT2D eigenvalue weighted by molar-refractivity contribution is 9.10. The molecule has 0 saturated carbocycles. The van der Waals surface area contributed by atoms with Gasteiger partial charge in [-0.3, -0.25) is 0 Å². The summed E-state index contributed by atoms with van der Waals surface area (Å²) in [4.78, 5) is 2.69. The standard InChI is InChI=1S/C16H8Br2S2/c17-11-1-3-13-9(5-11)7-15(19-13)16-8-10-6-12(18)2-4-14(10)20-16/h1-8H. The van der Waals surface area contributed by atoms with Gasteiger partial charge in [-0.05, 0) is 59.3 Å². The number of thiophene rings is 2. The van der Waals surface area contributed by atoms with E-state index in [4.69, 9.17) is 0 Å². The van der Waals surface area contributed by atoms with E-state index >= 15 is 0 Å². The van der Waals surface area contributed by atoms with Crippen LogP contribution in [0.4, 0.5) is 0 Å². The van der Waals surface area contributed by atoms with Crippen LogP contribution in [-0.2, 0) is 0 Å². The van der Waals surface area contributed by atoms with Crippen LogP contribution in [0, 0.1) is 0 Å². The van der Waals surface area contributed by atoms with E-state index in [1.165, 1.54) is 29.9 Å². The fraction of sp³-hybridized carbons (Fsp3) is 0. The normalized spacial score (nSPS) is 11.5. The molecule has 0 bridgehead atoms. The molecule has 4 heteroatoms. The van der Waals surface area contributed by atoms with Crippen LogP contribution >= 0.6 is 54.5 Å². The third-order valence-corrected chi connectivity index (χ3v) is 6.61. The van der Waals surface area contributed by atoms with Gasteiger partial charge in [0.05, 0.1) is 0 Å². The predicted octanol–water partition coefficient (Wildman–Crippen LogP) is 7.31. The van der Waals surface area contributed by atoms with E-state index in [1.807, 2.05) is 22.7 Å². The van der Waals surface area contributed by atoms with Crippen molar-refractivity contribution in [3.05, 3.63) is 57.5 Å². The topological polar surface area (TPSA) is 0 Å². The van der Waals surface area contributed by atoms with Crippen molar-refractivity contribution in [3.8, 4) is 9.75 Å². The van der Waals surface area contributed by atoms with Crippen LogP contribution < -0.4 is 0 Å². The molecule has 20 heavy (non-hydrogen) atoms. The number of hydrogen-bond acceptors (Lipinski definition) is 2. The second-order valence-corrected chi connectivity index (χ2v) is 8.58. The lowest BCUT2D eigenvalue weighted by Crippen LogP contribution is -1.63. The Morgan fingerprint density at radius 2 is 1.05 bits per heavy atom. The molecule has 0 atom stereocenters. The van der Waals surface area contributed by atoms with Crippen molar-refractivity contribution in [1.29, 1.82) is 0 Å². The van der Waals surface area contributed by atoms with E-state index in [1.54, 1.807) is 0 Å². The molecule has 2 aromatic carbocycles. The lowest BCUT2D eigenvalue weighted by molar-refractivity contribution is 1.76. The van der Waals surface area contributed by atoms with Crippen LogP contribution in [0.5, 0.6) is 0 Å². The van der Waals surface area contributed by atoms with E-state index in [2.05, 4.69) is 80.4 Å². The highest BCUT2D eigenvalue weighted by Gasteiger charge is 2.08. The molecule has 2 aromatic heterocycles. The van der Waals surface area contributed by atoms with E-state index in [-0.39, 0.29) is 0 Å². The molecular weight excluding hydrogens is 416 g/mol. The zero-order valence-corrected chi connectivity index (χ0v) is 15.0. The van der Waals surface area contributed by atoms with Crippen LogP contribution in [0.1, 0.15) is 0 Å². The van der Waals surface area contributed by atoms with Crippen molar-refractivity contribution in [2.45, 2.75) is 0 Å². The maximum absolute atomic E-state index is 3.54. The molecule has 0 spiro atoms. The summed E-state index contributed by atoms with van der Waals surface area (Å²) in [5.41, 5.74) is 0. The summed E-state index contributed by atoms with van der Waals surface area (Å²) in [5, 5.41) is 2.61. The predicted molar refractivity (Wildman–Crippen MR) is 98.0 cm³/mol. The minimum absolute atomic E-state index is 1.13. The minimum Gasteiger partial charge on any atom is -0.134 e. The van der Waals surface area contributed by atoms with Crippen LogP contribution in [0.3, 0.4) is 0 Å². The number of halogens is 2. The molecule has 4 aromatic rings. The van der Waals surface area contributed by atoms with Gasteiger partial charge in [0.2, 0.25) is 0 Å². The molecule has 0 aliphatic rings. The second kappa shape index (κ2) is 4.95. The van der Waals surface area contributed by atoms with Gasteiger partial charge < -0.3 is 0 Å². The fourth-order valence-corrected chi connectivity index (χ4v) is 5.19. The van der Waals surface area contributed by atoms with Gasteiger partial charge in [-0.25, -0.2) is 0 Å². The van der Waals surface area contributed by atoms with Crippen molar-refractivity contribution >= 4 is 74.7 Å². The van der Waals surface area contributed by atoms with Gasteiger partial charge in [0.1, 0.15) is 0 Å². The van der Waals surface area contributed by atoms with Crippen LogP contribution in [0.2, 0.25) is 0 Å². The molecule has 0 N–H and O–H groups in total. The van der Waals surface area contributed by atoms with Gasteiger partial charge in [-0.2, -0.15) is 0 Å². The number of hydrogen-bond donors (Lipinski definition) is 0. The Balaban J connectivity index is 1.91. The molecule has 0 amide bonds. The Bertz CT molecular complexity index is 856. The molecular formula is C16H8Br2S2. The largest absolute Gasteiger partial charge is 0.134 e. The average Bonchev–Trinajstić information content (AvgIpc) is 3.00. The van der Waals surface area contributed by atoms with Gasteiger partial charge in [0.15, 0.2) is 0 Å². The van der Waals surface area contributed by atoms with Gasteiger partial charge in [-0.1, -0.05) is 31.9 Å². The molecule has 0 aliphatic heterocycles.